The predicted molar refractivity (Wildman–Crippen MR) is 101 cm³/mol. The van der Waals surface area contributed by atoms with Gasteiger partial charge in [-0.25, -0.2) is 0 Å². The first kappa shape index (κ1) is 18.3. The molecular formula is C19H15Cl2NO4. The summed E-state index contributed by atoms with van der Waals surface area (Å²) < 4.78 is 10.8. The zero-order valence-electron chi connectivity index (χ0n) is 13.8. The second-order valence-corrected chi connectivity index (χ2v) is 6.18. The molecule has 0 saturated heterocycles. The van der Waals surface area contributed by atoms with Crippen LogP contribution in [0, 0.1) is 0 Å². The fourth-order valence-electron chi connectivity index (χ4n) is 2.45. The van der Waals surface area contributed by atoms with Crippen molar-refractivity contribution in [1.82, 2.24) is 0 Å². The molecule has 26 heavy (non-hydrogen) atoms. The number of furan rings is 1. The lowest BCUT2D eigenvalue weighted by Crippen LogP contribution is -2.13. The average Bonchev–Trinajstić information content (AvgIpc) is 3.13. The maximum Gasteiger partial charge on any atom is 0.257 e. The van der Waals surface area contributed by atoms with Crippen LogP contribution in [0.3, 0.4) is 0 Å². The Labute approximate surface area is 160 Å². The molecule has 3 aromatic rings. The molecule has 1 amide bonds. The summed E-state index contributed by atoms with van der Waals surface area (Å²) in [6.07, 6.45) is 0. The van der Waals surface area contributed by atoms with E-state index in [0.717, 1.165) is 5.56 Å². The number of nitrogens with one attached hydrogen (secondary N) is 1. The van der Waals surface area contributed by atoms with Gasteiger partial charge in [-0.1, -0.05) is 29.3 Å². The molecule has 0 spiro atoms. The van der Waals surface area contributed by atoms with Crippen LogP contribution in [-0.4, -0.2) is 18.1 Å². The van der Waals surface area contributed by atoms with Crippen molar-refractivity contribution >= 4 is 34.8 Å². The summed E-state index contributed by atoms with van der Waals surface area (Å²) in [5.41, 5.74) is 1.43. The first-order valence-electron chi connectivity index (χ1n) is 7.67. The number of hydrogen-bond donors (Lipinski definition) is 2. The summed E-state index contributed by atoms with van der Waals surface area (Å²) in [6.45, 7) is -0.187. The number of benzene rings is 2. The number of methoxy groups -OCH3 is 1. The Morgan fingerprint density at radius 1 is 1.19 bits per heavy atom. The molecule has 0 saturated carbocycles. The smallest absolute Gasteiger partial charge is 0.257 e. The van der Waals surface area contributed by atoms with Gasteiger partial charge < -0.3 is 19.6 Å². The molecule has 134 valence electrons. The first-order valence-corrected chi connectivity index (χ1v) is 8.42. The van der Waals surface area contributed by atoms with Gasteiger partial charge in [0.1, 0.15) is 23.9 Å². The number of anilines is 1. The van der Waals surface area contributed by atoms with E-state index in [2.05, 4.69) is 5.32 Å². The van der Waals surface area contributed by atoms with Gasteiger partial charge in [0.05, 0.1) is 28.4 Å². The lowest BCUT2D eigenvalue weighted by atomic mass is 10.1. The predicted octanol–water partition coefficient (Wildman–Crippen LogP) is 5.01. The van der Waals surface area contributed by atoms with Crippen molar-refractivity contribution in [2.75, 3.05) is 12.4 Å². The summed E-state index contributed by atoms with van der Waals surface area (Å²) in [5, 5.41) is 12.4. The second kappa shape index (κ2) is 7.83. The molecule has 0 atom stereocenters. The maximum atomic E-state index is 12.6. The van der Waals surface area contributed by atoms with Crippen molar-refractivity contribution in [1.29, 1.82) is 0 Å². The van der Waals surface area contributed by atoms with Crippen LogP contribution in [0.4, 0.5) is 5.69 Å². The molecule has 0 radical (unpaired) electrons. The Morgan fingerprint density at radius 3 is 2.69 bits per heavy atom. The van der Waals surface area contributed by atoms with Gasteiger partial charge in [0.2, 0.25) is 0 Å². The van der Waals surface area contributed by atoms with Gasteiger partial charge in [-0.15, -0.1) is 0 Å². The van der Waals surface area contributed by atoms with Crippen LogP contribution >= 0.6 is 23.2 Å². The third-order valence-corrected chi connectivity index (χ3v) is 4.56. The summed E-state index contributed by atoms with van der Waals surface area (Å²) in [6, 6.07) is 13.5. The van der Waals surface area contributed by atoms with Gasteiger partial charge in [0.15, 0.2) is 0 Å². The molecule has 0 aliphatic rings. The number of hydrogen-bond acceptors (Lipinski definition) is 4. The van der Waals surface area contributed by atoms with Gasteiger partial charge >= 0.3 is 0 Å². The minimum Gasteiger partial charge on any atom is -0.495 e. The Balaban J connectivity index is 1.94. The van der Waals surface area contributed by atoms with E-state index in [1.807, 2.05) is 0 Å². The van der Waals surface area contributed by atoms with E-state index < -0.39 is 5.91 Å². The van der Waals surface area contributed by atoms with Crippen LogP contribution in [0.15, 0.2) is 52.9 Å². The normalized spacial score (nSPS) is 10.6. The number of aliphatic hydroxyl groups excluding tert-OH is 1. The zero-order valence-corrected chi connectivity index (χ0v) is 15.3. The van der Waals surface area contributed by atoms with E-state index >= 15 is 0 Å². The SMILES string of the molecule is COc1ccc(-c2ccc(CO)o2)cc1NC(=O)c1cccc(Cl)c1Cl. The Morgan fingerprint density at radius 2 is 2.00 bits per heavy atom. The molecule has 0 aliphatic heterocycles. The fourth-order valence-corrected chi connectivity index (χ4v) is 2.83. The molecule has 7 heteroatoms. The highest BCUT2D eigenvalue weighted by atomic mass is 35.5. The van der Waals surface area contributed by atoms with Crippen molar-refractivity contribution in [2.45, 2.75) is 6.61 Å². The van der Waals surface area contributed by atoms with E-state index in [1.54, 1.807) is 48.5 Å². The Bertz CT molecular complexity index is 952. The standard InChI is InChI=1S/C19H15Cl2NO4/c1-25-17-7-5-11(16-8-6-12(10-23)26-16)9-15(17)22-19(24)13-3-2-4-14(20)18(13)21/h2-9,23H,10H2,1H3,(H,22,24). The number of carbonyl (C=O) groups is 1. The molecule has 1 heterocycles. The highest BCUT2D eigenvalue weighted by Gasteiger charge is 2.16. The number of halogens is 2. The van der Waals surface area contributed by atoms with Crippen molar-refractivity contribution in [3.05, 3.63) is 69.9 Å². The van der Waals surface area contributed by atoms with Crippen LogP contribution in [0.2, 0.25) is 10.0 Å². The molecule has 2 aromatic carbocycles. The topological polar surface area (TPSA) is 71.7 Å². The molecular weight excluding hydrogens is 377 g/mol. The van der Waals surface area contributed by atoms with Gasteiger partial charge in [-0.3, -0.25) is 4.79 Å². The monoisotopic (exact) mass is 391 g/mol. The molecule has 1 aromatic heterocycles. The van der Waals surface area contributed by atoms with Crippen LogP contribution in [-0.2, 0) is 6.61 Å². The van der Waals surface area contributed by atoms with E-state index in [0.29, 0.717) is 28.0 Å². The molecule has 3 rings (SSSR count). The van der Waals surface area contributed by atoms with Gasteiger partial charge in [0.25, 0.3) is 5.91 Å². The average molecular weight is 392 g/mol. The number of rotatable bonds is 5. The van der Waals surface area contributed by atoms with Crippen molar-refractivity contribution in [3.63, 3.8) is 0 Å². The van der Waals surface area contributed by atoms with E-state index in [1.165, 1.54) is 7.11 Å². The molecule has 0 fully saturated rings. The number of carbonyl (C=O) groups excluding carboxylic acids is 1. The van der Waals surface area contributed by atoms with E-state index in [4.69, 9.17) is 37.5 Å². The van der Waals surface area contributed by atoms with Gasteiger partial charge in [-0.2, -0.15) is 0 Å². The van der Waals surface area contributed by atoms with E-state index in [9.17, 15) is 4.79 Å². The first-order chi connectivity index (χ1) is 12.5. The second-order valence-electron chi connectivity index (χ2n) is 5.39. The Hall–Kier alpha value is -2.47. The van der Waals surface area contributed by atoms with E-state index in [-0.39, 0.29) is 17.2 Å². The minimum atomic E-state index is -0.413. The quantitative estimate of drug-likeness (QED) is 0.641. The zero-order chi connectivity index (χ0) is 18.7. The van der Waals surface area contributed by atoms with Crippen LogP contribution < -0.4 is 10.1 Å². The van der Waals surface area contributed by atoms with Crippen LogP contribution in [0.5, 0.6) is 5.75 Å². The molecule has 0 aliphatic carbocycles. The summed E-state index contributed by atoms with van der Waals surface area (Å²) in [4.78, 5) is 12.6. The third kappa shape index (κ3) is 3.70. The van der Waals surface area contributed by atoms with Gasteiger partial charge in [0, 0.05) is 5.56 Å². The Kier molecular flexibility index (Phi) is 5.52. The molecule has 0 bridgehead atoms. The summed E-state index contributed by atoms with van der Waals surface area (Å²) in [7, 11) is 1.51. The third-order valence-electron chi connectivity index (χ3n) is 3.75. The highest BCUT2D eigenvalue weighted by molar-refractivity contribution is 6.44. The van der Waals surface area contributed by atoms with Crippen molar-refractivity contribution < 1.29 is 19.1 Å². The lowest BCUT2D eigenvalue weighted by molar-refractivity contribution is 0.102. The van der Waals surface area contributed by atoms with Crippen LogP contribution in [0.25, 0.3) is 11.3 Å². The van der Waals surface area contributed by atoms with Gasteiger partial charge in [-0.05, 0) is 42.5 Å². The number of amides is 1. The highest BCUT2D eigenvalue weighted by Crippen LogP contribution is 2.33. The number of ether oxygens (including phenoxy) is 1. The lowest BCUT2D eigenvalue weighted by Gasteiger charge is -2.12. The van der Waals surface area contributed by atoms with Crippen LogP contribution in [0.1, 0.15) is 16.1 Å². The fraction of sp³-hybridized carbons (Fsp3) is 0.105. The molecule has 2 N–H and O–H groups in total. The minimum absolute atomic E-state index is 0.181. The maximum absolute atomic E-state index is 12.6. The summed E-state index contributed by atoms with van der Waals surface area (Å²) in [5.74, 6) is 1.08. The summed E-state index contributed by atoms with van der Waals surface area (Å²) >= 11 is 12.1. The van der Waals surface area contributed by atoms with Crippen molar-refractivity contribution in [2.24, 2.45) is 0 Å². The molecule has 0 unspecified atom stereocenters. The van der Waals surface area contributed by atoms with Crippen molar-refractivity contribution in [3.8, 4) is 17.1 Å². The largest absolute Gasteiger partial charge is 0.495 e. The number of aliphatic hydroxyl groups is 1. The molecule has 5 nitrogen and oxygen atoms in total.